The van der Waals surface area contributed by atoms with E-state index in [0.717, 1.165) is 12.0 Å². The minimum Gasteiger partial charge on any atom is -0.398 e. The summed E-state index contributed by atoms with van der Waals surface area (Å²) in [5.41, 5.74) is 6.87. The van der Waals surface area contributed by atoms with Crippen LogP contribution >= 0.6 is 11.6 Å². The Morgan fingerprint density at radius 3 is 2.82 bits per heavy atom. The predicted molar refractivity (Wildman–Crippen MR) is 107 cm³/mol. The molecule has 2 aromatic rings. The number of amides is 1. The summed E-state index contributed by atoms with van der Waals surface area (Å²) in [6, 6.07) is 3.02. The molecule has 6 nitrogen and oxygen atoms in total. The van der Waals surface area contributed by atoms with Crippen LogP contribution in [0, 0.1) is 5.82 Å². The fourth-order valence-electron chi connectivity index (χ4n) is 4.36. The van der Waals surface area contributed by atoms with E-state index in [1.165, 1.54) is 23.2 Å². The lowest BCUT2D eigenvalue weighted by Gasteiger charge is -2.24. The van der Waals surface area contributed by atoms with E-state index in [1.54, 1.807) is 14.1 Å². The monoisotopic (exact) mass is 404 g/mol. The van der Waals surface area contributed by atoms with Crippen molar-refractivity contribution in [2.75, 3.05) is 31.7 Å². The van der Waals surface area contributed by atoms with Crippen molar-refractivity contribution in [1.29, 1.82) is 0 Å². The number of halogens is 2. The molecule has 1 aromatic carbocycles. The van der Waals surface area contributed by atoms with Crippen molar-refractivity contribution < 1.29 is 14.3 Å². The molecule has 1 aromatic heterocycles. The topological polar surface area (TPSA) is 91.5 Å². The van der Waals surface area contributed by atoms with Crippen molar-refractivity contribution in [3.63, 3.8) is 0 Å². The summed E-state index contributed by atoms with van der Waals surface area (Å²) in [6.07, 6.45) is 3.20. The van der Waals surface area contributed by atoms with Crippen molar-refractivity contribution in [3.05, 3.63) is 40.3 Å². The summed E-state index contributed by atoms with van der Waals surface area (Å²) in [5.74, 6) is -0.559. The maximum atomic E-state index is 15.3. The number of pyridine rings is 1. The first kappa shape index (κ1) is 19.0. The molecule has 0 unspecified atom stereocenters. The lowest BCUT2D eigenvalue weighted by atomic mass is 9.80. The van der Waals surface area contributed by atoms with Crippen molar-refractivity contribution in [2.45, 2.75) is 30.8 Å². The van der Waals surface area contributed by atoms with Gasteiger partial charge < -0.3 is 21.1 Å². The van der Waals surface area contributed by atoms with Gasteiger partial charge in [0.2, 0.25) is 0 Å². The summed E-state index contributed by atoms with van der Waals surface area (Å²) in [6.45, 7) is 0.643. The number of carbonyl (C=O) groups is 1. The zero-order chi connectivity index (χ0) is 20.2. The number of anilines is 2. The Labute approximate surface area is 167 Å². The highest BCUT2D eigenvalue weighted by Gasteiger charge is 2.47. The van der Waals surface area contributed by atoms with Gasteiger partial charge in [-0.3, -0.25) is 4.79 Å². The second-order valence-electron chi connectivity index (χ2n) is 7.83. The van der Waals surface area contributed by atoms with Crippen molar-refractivity contribution in [3.8, 4) is 11.1 Å². The smallest absolute Gasteiger partial charge is 0.258 e. The minimum atomic E-state index is -0.714. The van der Waals surface area contributed by atoms with E-state index in [2.05, 4.69) is 10.3 Å². The van der Waals surface area contributed by atoms with Gasteiger partial charge in [-0.2, -0.15) is 0 Å². The number of fused-ring (bicyclic) bond motifs is 2. The molecule has 8 heteroatoms. The molecule has 1 fully saturated rings. The molecule has 4 N–H and O–H groups in total. The van der Waals surface area contributed by atoms with Crippen LogP contribution in [0.1, 0.15) is 35.2 Å². The molecule has 4 rings (SSSR count). The van der Waals surface area contributed by atoms with E-state index >= 15 is 4.39 Å². The Hall–Kier alpha value is -2.38. The summed E-state index contributed by atoms with van der Waals surface area (Å²) < 4.78 is 15.3. The number of nitrogens with one attached hydrogen (secondary N) is 1. The molecule has 2 aliphatic rings. The molecule has 2 atom stereocenters. The van der Waals surface area contributed by atoms with Gasteiger partial charge in [-0.15, -0.1) is 0 Å². The molecule has 0 bridgehead atoms. The first-order valence-electron chi connectivity index (χ1n) is 9.16. The molecule has 1 aliphatic heterocycles. The summed E-state index contributed by atoms with van der Waals surface area (Å²) >= 11 is 6.76. The lowest BCUT2D eigenvalue weighted by Crippen LogP contribution is -2.26. The van der Waals surface area contributed by atoms with Crippen LogP contribution in [-0.2, 0) is 5.41 Å². The number of rotatable bonds is 2. The number of aromatic nitrogens is 1. The highest BCUT2D eigenvalue weighted by atomic mass is 35.5. The van der Waals surface area contributed by atoms with Gasteiger partial charge in [0.1, 0.15) is 11.6 Å². The van der Waals surface area contributed by atoms with E-state index in [4.69, 9.17) is 17.3 Å². The Bertz CT molecular complexity index is 977. The molecule has 148 valence electrons. The van der Waals surface area contributed by atoms with Crippen molar-refractivity contribution in [2.24, 2.45) is 0 Å². The Balaban J connectivity index is 1.88. The third-order valence-electron chi connectivity index (χ3n) is 5.81. The van der Waals surface area contributed by atoms with Crippen molar-refractivity contribution >= 4 is 29.0 Å². The number of nitrogens with two attached hydrogens (primary N) is 1. The third-order valence-corrected chi connectivity index (χ3v) is 6.20. The number of aliphatic hydroxyl groups is 1. The van der Waals surface area contributed by atoms with Crippen molar-refractivity contribution in [1.82, 2.24) is 9.88 Å². The van der Waals surface area contributed by atoms with E-state index in [1.807, 2.05) is 0 Å². The van der Waals surface area contributed by atoms with Gasteiger partial charge in [0.15, 0.2) is 0 Å². The first-order chi connectivity index (χ1) is 13.2. The zero-order valence-electron chi connectivity index (χ0n) is 15.7. The SMILES string of the molecule is CN(C)C(=O)c1c(N)ccc(-c2cnc3c(c2Cl)[C@]2(CC[C@H](O)C2)CN3)c1F. The van der Waals surface area contributed by atoms with Gasteiger partial charge in [-0.1, -0.05) is 11.6 Å². The number of aliphatic hydroxyl groups excluding tert-OH is 1. The number of nitrogens with zero attached hydrogens (tertiary/aromatic N) is 2. The number of hydrogen-bond acceptors (Lipinski definition) is 5. The van der Waals surface area contributed by atoms with Gasteiger partial charge in [0.05, 0.1) is 16.7 Å². The molecule has 0 radical (unpaired) electrons. The fourth-order valence-corrected chi connectivity index (χ4v) is 4.80. The molecule has 0 saturated heterocycles. The normalized spacial score (nSPS) is 23.0. The first-order valence-corrected chi connectivity index (χ1v) is 9.54. The van der Waals surface area contributed by atoms with Gasteiger partial charge >= 0.3 is 0 Å². The average Bonchev–Trinajstić information content (AvgIpc) is 3.20. The van der Waals surface area contributed by atoms with Crippen LogP contribution in [0.5, 0.6) is 0 Å². The van der Waals surface area contributed by atoms with Crippen LogP contribution in [-0.4, -0.2) is 47.6 Å². The largest absolute Gasteiger partial charge is 0.398 e. The predicted octanol–water partition coefficient (Wildman–Crippen LogP) is 3.03. The Morgan fingerprint density at radius 2 is 2.18 bits per heavy atom. The summed E-state index contributed by atoms with van der Waals surface area (Å²) in [5, 5.41) is 13.7. The molecule has 28 heavy (non-hydrogen) atoms. The van der Waals surface area contributed by atoms with Gasteiger partial charge in [-0.05, 0) is 31.4 Å². The number of nitrogen functional groups attached to an aromatic ring is 1. The van der Waals surface area contributed by atoms with Crippen LogP contribution in [0.15, 0.2) is 18.3 Å². The number of benzene rings is 1. The molecule has 1 spiro atoms. The molecular formula is C20H22ClFN4O2. The quantitative estimate of drug-likeness (QED) is 0.669. The van der Waals surface area contributed by atoms with Crippen LogP contribution in [0.4, 0.5) is 15.9 Å². The maximum Gasteiger partial charge on any atom is 0.258 e. The maximum absolute atomic E-state index is 15.3. The van der Waals surface area contributed by atoms with Crippen LogP contribution in [0.25, 0.3) is 11.1 Å². The average molecular weight is 405 g/mol. The standard InChI is InChI=1S/C20H22ClFN4O2/c1-26(2)19(28)14-13(23)4-3-11(17(14)22)12-8-24-18-15(16(12)21)20(9-25-18)6-5-10(27)7-20/h3-4,8,10,27H,5-7,9,23H2,1-2H3,(H,24,25)/t10-,20-/m0/s1. The number of hydrogen-bond donors (Lipinski definition) is 3. The minimum absolute atomic E-state index is 0.0715. The summed E-state index contributed by atoms with van der Waals surface area (Å²) in [4.78, 5) is 18.1. The highest BCUT2D eigenvalue weighted by molar-refractivity contribution is 6.34. The van der Waals surface area contributed by atoms with Crippen LogP contribution in [0.3, 0.4) is 0 Å². The molecule has 1 saturated carbocycles. The van der Waals surface area contributed by atoms with Gasteiger partial charge in [-0.25, -0.2) is 9.37 Å². The molecule has 1 aliphatic carbocycles. The van der Waals surface area contributed by atoms with Crippen LogP contribution in [0.2, 0.25) is 5.02 Å². The van der Waals surface area contributed by atoms with E-state index in [0.29, 0.717) is 35.8 Å². The molecular weight excluding hydrogens is 383 g/mol. The Morgan fingerprint density at radius 1 is 1.43 bits per heavy atom. The molecule has 2 heterocycles. The second-order valence-corrected chi connectivity index (χ2v) is 8.21. The van der Waals surface area contributed by atoms with E-state index < -0.39 is 11.7 Å². The summed E-state index contributed by atoms with van der Waals surface area (Å²) in [7, 11) is 3.08. The second kappa shape index (κ2) is 6.60. The van der Waals surface area contributed by atoms with Gasteiger partial charge in [0.25, 0.3) is 5.91 Å². The number of carbonyl (C=O) groups excluding carboxylic acids is 1. The van der Waals surface area contributed by atoms with Gasteiger partial charge in [0, 0.05) is 54.6 Å². The van der Waals surface area contributed by atoms with E-state index in [-0.39, 0.29) is 28.3 Å². The highest BCUT2D eigenvalue weighted by Crippen LogP contribution is 2.52. The zero-order valence-corrected chi connectivity index (χ0v) is 16.5. The fraction of sp³-hybridized carbons (Fsp3) is 0.400. The molecule has 1 amide bonds. The van der Waals surface area contributed by atoms with Crippen LogP contribution < -0.4 is 11.1 Å². The lowest BCUT2D eigenvalue weighted by molar-refractivity contribution is 0.0824. The third kappa shape index (κ3) is 2.72. The Kier molecular flexibility index (Phi) is 4.47. The van der Waals surface area contributed by atoms with E-state index in [9.17, 15) is 9.90 Å².